The second-order valence-electron chi connectivity index (χ2n) is 8.12. The Bertz CT molecular complexity index is 1300. The van der Waals surface area contributed by atoms with Crippen molar-refractivity contribution < 1.29 is 9.21 Å². The maximum Gasteiger partial charge on any atom is 0.257 e. The lowest BCUT2D eigenvalue weighted by Crippen LogP contribution is -2.48. The lowest BCUT2D eigenvalue weighted by molar-refractivity contribution is 0.0746. The van der Waals surface area contributed by atoms with E-state index < -0.39 is 0 Å². The Labute approximate surface area is 202 Å². The quantitative estimate of drug-likeness (QED) is 0.328. The highest BCUT2D eigenvalue weighted by atomic mass is 35.5. The van der Waals surface area contributed by atoms with E-state index in [-0.39, 0.29) is 5.91 Å². The summed E-state index contributed by atoms with van der Waals surface area (Å²) in [7, 11) is 0. The van der Waals surface area contributed by atoms with Crippen molar-refractivity contribution in [3.8, 4) is 0 Å². The van der Waals surface area contributed by atoms with E-state index in [9.17, 15) is 4.79 Å². The van der Waals surface area contributed by atoms with Crippen molar-refractivity contribution in [3.63, 3.8) is 0 Å². The van der Waals surface area contributed by atoms with Crippen LogP contribution in [0, 0.1) is 6.92 Å². The topological polar surface area (TPSA) is 49.6 Å². The lowest BCUT2D eigenvalue weighted by atomic mass is 10.1. The number of benzene rings is 3. The minimum absolute atomic E-state index is 0.0677. The van der Waals surface area contributed by atoms with Crippen LogP contribution in [0.4, 0.5) is 5.69 Å². The molecule has 1 aromatic heterocycles. The lowest BCUT2D eigenvalue weighted by Gasteiger charge is -2.36. The molecule has 0 radical (unpaired) electrons. The molecule has 0 aliphatic carbocycles. The van der Waals surface area contributed by atoms with Gasteiger partial charge in [-0.25, -0.2) is 4.98 Å². The van der Waals surface area contributed by atoms with Crippen LogP contribution in [0.3, 0.4) is 0 Å². The summed E-state index contributed by atoms with van der Waals surface area (Å²) in [6.45, 7) is 4.91. The molecule has 0 atom stereocenters. The molecule has 0 saturated carbocycles. The van der Waals surface area contributed by atoms with Crippen molar-refractivity contribution in [1.29, 1.82) is 0 Å². The Morgan fingerprint density at radius 2 is 1.82 bits per heavy atom. The largest absolute Gasteiger partial charge is 0.431 e. The van der Waals surface area contributed by atoms with Gasteiger partial charge in [0.25, 0.3) is 11.1 Å². The Kier molecular flexibility index (Phi) is 6.29. The van der Waals surface area contributed by atoms with Crippen LogP contribution >= 0.6 is 23.4 Å². The molecule has 2 heterocycles. The van der Waals surface area contributed by atoms with Gasteiger partial charge in [0, 0.05) is 37.5 Å². The number of carbonyl (C=O) groups is 1. The van der Waals surface area contributed by atoms with Crippen molar-refractivity contribution in [3.05, 3.63) is 88.4 Å². The number of halogens is 1. The summed E-state index contributed by atoms with van der Waals surface area (Å²) in [6, 6.07) is 21.6. The smallest absolute Gasteiger partial charge is 0.257 e. The minimum Gasteiger partial charge on any atom is -0.431 e. The fraction of sp³-hybridized carbons (Fsp3) is 0.231. The Morgan fingerprint density at radius 3 is 2.61 bits per heavy atom. The number of aromatic nitrogens is 1. The van der Waals surface area contributed by atoms with Gasteiger partial charge in [0.1, 0.15) is 5.52 Å². The molecular formula is C26H24ClN3O2S. The van der Waals surface area contributed by atoms with E-state index in [4.69, 9.17) is 16.0 Å². The molecular weight excluding hydrogens is 454 g/mol. The predicted octanol–water partition coefficient (Wildman–Crippen LogP) is 6.04. The Hall–Kier alpha value is -2.96. The number of anilines is 1. The molecule has 5 rings (SSSR count). The van der Waals surface area contributed by atoms with E-state index in [2.05, 4.69) is 9.88 Å². The highest BCUT2D eigenvalue weighted by molar-refractivity contribution is 7.98. The fourth-order valence-corrected chi connectivity index (χ4v) is 5.14. The summed E-state index contributed by atoms with van der Waals surface area (Å²) >= 11 is 7.88. The highest BCUT2D eigenvalue weighted by Crippen LogP contribution is 2.29. The number of rotatable bonds is 5. The number of amides is 1. The molecule has 0 unspecified atom stereocenters. The fourth-order valence-electron chi connectivity index (χ4n) is 4.11. The van der Waals surface area contributed by atoms with Gasteiger partial charge in [-0.05, 0) is 48.4 Å². The normalized spacial score (nSPS) is 14.1. The van der Waals surface area contributed by atoms with Crippen LogP contribution in [0.25, 0.3) is 11.1 Å². The number of thioether (sulfide) groups is 1. The zero-order valence-corrected chi connectivity index (χ0v) is 19.9. The first-order valence-corrected chi connectivity index (χ1v) is 12.3. The van der Waals surface area contributed by atoms with E-state index in [1.807, 2.05) is 78.6 Å². The molecule has 0 spiro atoms. The molecule has 0 N–H and O–H groups in total. The zero-order valence-electron chi connectivity index (χ0n) is 18.3. The van der Waals surface area contributed by atoms with Gasteiger partial charge in [-0.2, -0.15) is 0 Å². The maximum atomic E-state index is 13.1. The SMILES string of the molecule is Cc1cccc2oc(SCc3cccc(C(=O)N4CCN(c5ccccc5Cl)CC4)c3)nc12. The van der Waals surface area contributed by atoms with E-state index in [0.29, 0.717) is 29.6 Å². The van der Waals surface area contributed by atoms with Crippen molar-refractivity contribution in [1.82, 2.24) is 9.88 Å². The minimum atomic E-state index is 0.0677. The van der Waals surface area contributed by atoms with Crippen LogP contribution in [-0.4, -0.2) is 42.0 Å². The van der Waals surface area contributed by atoms with Gasteiger partial charge in [-0.3, -0.25) is 4.79 Å². The molecule has 1 fully saturated rings. The summed E-state index contributed by atoms with van der Waals surface area (Å²) in [6.07, 6.45) is 0. The number of hydrogen-bond donors (Lipinski definition) is 0. The molecule has 1 amide bonds. The molecule has 1 aliphatic rings. The van der Waals surface area contributed by atoms with Gasteiger partial charge in [-0.15, -0.1) is 0 Å². The predicted molar refractivity (Wildman–Crippen MR) is 134 cm³/mol. The van der Waals surface area contributed by atoms with Crippen molar-refractivity contribution in [2.45, 2.75) is 17.9 Å². The first-order valence-electron chi connectivity index (χ1n) is 10.9. The molecule has 4 aromatic rings. The van der Waals surface area contributed by atoms with Gasteiger partial charge in [0.05, 0.1) is 10.7 Å². The van der Waals surface area contributed by atoms with Gasteiger partial charge in [-0.1, -0.05) is 59.8 Å². The molecule has 1 aliphatic heterocycles. The van der Waals surface area contributed by atoms with Crippen LogP contribution in [-0.2, 0) is 5.75 Å². The number of nitrogens with zero attached hydrogens (tertiary/aromatic N) is 3. The number of oxazole rings is 1. The molecule has 168 valence electrons. The average Bonchev–Trinajstić information content (AvgIpc) is 3.28. The molecule has 3 aromatic carbocycles. The summed E-state index contributed by atoms with van der Waals surface area (Å²) < 4.78 is 5.86. The van der Waals surface area contributed by atoms with Gasteiger partial charge >= 0.3 is 0 Å². The summed E-state index contributed by atoms with van der Waals surface area (Å²) in [5, 5.41) is 1.39. The summed E-state index contributed by atoms with van der Waals surface area (Å²) in [4.78, 5) is 21.9. The van der Waals surface area contributed by atoms with E-state index in [1.54, 1.807) is 11.8 Å². The molecule has 1 saturated heterocycles. The van der Waals surface area contributed by atoms with Crippen LogP contribution in [0.15, 0.2) is 76.4 Å². The number of aryl methyl sites for hydroxylation is 1. The third kappa shape index (κ3) is 4.72. The zero-order chi connectivity index (χ0) is 22.8. The monoisotopic (exact) mass is 477 g/mol. The first kappa shape index (κ1) is 21.9. The van der Waals surface area contributed by atoms with E-state index >= 15 is 0 Å². The molecule has 5 nitrogen and oxygen atoms in total. The van der Waals surface area contributed by atoms with Crippen molar-refractivity contribution in [2.24, 2.45) is 0 Å². The number of carbonyl (C=O) groups excluding carboxylic acids is 1. The molecule has 33 heavy (non-hydrogen) atoms. The molecule has 7 heteroatoms. The highest BCUT2D eigenvalue weighted by Gasteiger charge is 2.23. The summed E-state index contributed by atoms with van der Waals surface area (Å²) in [5.74, 6) is 0.755. The summed E-state index contributed by atoms with van der Waals surface area (Å²) in [5.41, 5.74) is 5.62. The number of para-hydroxylation sites is 2. The number of piperazine rings is 1. The second-order valence-corrected chi connectivity index (χ2v) is 9.45. The van der Waals surface area contributed by atoms with E-state index in [0.717, 1.165) is 46.0 Å². The van der Waals surface area contributed by atoms with Crippen LogP contribution in [0.2, 0.25) is 5.02 Å². The first-order chi connectivity index (χ1) is 16.1. The van der Waals surface area contributed by atoms with E-state index in [1.165, 1.54) is 0 Å². The van der Waals surface area contributed by atoms with Gasteiger partial charge < -0.3 is 14.2 Å². The number of fused-ring (bicyclic) bond motifs is 1. The standard InChI is InChI=1S/C26H24ClN3O2S/c1-18-6-4-11-23-24(18)28-26(32-23)33-17-19-7-5-8-20(16-19)25(31)30-14-12-29(13-15-30)22-10-3-2-9-21(22)27/h2-11,16H,12-15,17H2,1H3. The van der Waals surface area contributed by atoms with Crippen LogP contribution < -0.4 is 4.90 Å². The van der Waals surface area contributed by atoms with Gasteiger partial charge in [0.2, 0.25) is 0 Å². The average molecular weight is 478 g/mol. The van der Waals surface area contributed by atoms with Gasteiger partial charge in [0.15, 0.2) is 5.58 Å². The van der Waals surface area contributed by atoms with Crippen molar-refractivity contribution in [2.75, 3.05) is 31.1 Å². The third-order valence-electron chi connectivity index (χ3n) is 5.90. The van der Waals surface area contributed by atoms with Crippen molar-refractivity contribution >= 4 is 46.1 Å². The second kappa shape index (κ2) is 9.49. The Morgan fingerprint density at radius 1 is 1.03 bits per heavy atom. The third-order valence-corrected chi connectivity index (χ3v) is 7.12. The number of hydrogen-bond acceptors (Lipinski definition) is 5. The maximum absolute atomic E-state index is 13.1. The van der Waals surface area contributed by atoms with Crippen LogP contribution in [0.5, 0.6) is 0 Å². The van der Waals surface area contributed by atoms with Crippen LogP contribution in [0.1, 0.15) is 21.5 Å². The Balaban J connectivity index is 1.22. The molecule has 0 bridgehead atoms.